The number of hydrogen-bond donors (Lipinski definition) is 2. The number of amides is 1. The summed E-state index contributed by atoms with van der Waals surface area (Å²) in [5.74, 6) is -13.5. The quantitative estimate of drug-likeness (QED) is 0.491. The van der Waals surface area contributed by atoms with Gasteiger partial charge in [-0.3, -0.25) is 4.79 Å². The van der Waals surface area contributed by atoms with Crippen LogP contribution in [-0.2, 0) is 4.79 Å². The van der Waals surface area contributed by atoms with Gasteiger partial charge in [0.25, 0.3) is 0 Å². The molecule has 0 aromatic heterocycles. The number of benzene rings is 1. The predicted octanol–water partition coefficient (Wildman–Crippen LogP) is 0.964. The Morgan fingerprint density at radius 1 is 1.05 bits per heavy atom. The van der Waals surface area contributed by atoms with E-state index in [0.717, 1.165) is 6.92 Å². The zero-order valence-corrected chi connectivity index (χ0v) is 9.57. The molecular formula is C10H9F5N2O2. The topological polar surface area (TPSA) is 78.3 Å². The van der Waals surface area contributed by atoms with E-state index in [-0.39, 0.29) is 0 Å². The third kappa shape index (κ3) is 2.75. The highest BCUT2D eigenvalue weighted by atomic mass is 19.2. The van der Waals surface area contributed by atoms with Gasteiger partial charge in [0.15, 0.2) is 5.75 Å². The van der Waals surface area contributed by atoms with Crippen molar-refractivity contribution in [2.24, 2.45) is 11.5 Å². The predicted molar refractivity (Wildman–Crippen MR) is 53.5 cm³/mol. The first-order chi connectivity index (χ1) is 8.59. The largest absolute Gasteiger partial charge is 0.485 e. The average molecular weight is 284 g/mol. The van der Waals surface area contributed by atoms with Crippen LogP contribution in [0.4, 0.5) is 22.0 Å². The van der Waals surface area contributed by atoms with Gasteiger partial charge in [-0.2, -0.15) is 8.78 Å². The highest BCUT2D eigenvalue weighted by molar-refractivity contribution is 5.84. The molecular weight excluding hydrogens is 275 g/mol. The van der Waals surface area contributed by atoms with Gasteiger partial charge in [0.2, 0.25) is 35.0 Å². The summed E-state index contributed by atoms with van der Waals surface area (Å²) in [6.07, 6.45) is 0. The number of carbonyl (C=O) groups is 1. The summed E-state index contributed by atoms with van der Waals surface area (Å²) in [5.41, 5.74) is 8.33. The number of hydrogen-bond acceptors (Lipinski definition) is 3. The van der Waals surface area contributed by atoms with Crippen molar-refractivity contribution in [1.29, 1.82) is 0 Å². The molecule has 1 rings (SSSR count). The second kappa shape index (κ2) is 5.00. The van der Waals surface area contributed by atoms with Crippen molar-refractivity contribution in [2.45, 2.75) is 12.5 Å². The van der Waals surface area contributed by atoms with Crippen molar-refractivity contribution in [3.63, 3.8) is 0 Å². The number of primary amides is 1. The molecule has 1 atom stereocenters. The first-order valence-electron chi connectivity index (χ1n) is 4.82. The van der Waals surface area contributed by atoms with E-state index in [1.54, 1.807) is 0 Å². The third-order valence-corrected chi connectivity index (χ3v) is 2.25. The number of rotatable bonds is 4. The lowest BCUT2D eigenvalue weighted by molar-refractivity contribution is -0.123. The summed E-state index contributed by atoms with van der Waals surface area (Å²) in [7, 11) is 0. The number of carbonyl (C=O) groups excluding carboxylic acids is 1. The van der Waals surface area contributed by atoms with Crippen LogP contribution in [0.2, 0.25) is 0 Å². The zero-order chi connectivity index (χ0) is 15.0. The van der Waals surface area contributed by atoms with Crippen LogP contribution < -0.4 is 16.2 Å². The minimum Gasteiger partial charge on any atom is -0.485 e. The summed E-state index contributed by atoms with van der Waals surface area (Å²) in [4.78, 5) is 10.8. The first-order valence-corrected chi connectivity index (χ1v) is 4.82. The summed E-state index contributed by atoms with van der Waals surface area (Å²) in [6.45, 7) is 0.210. The van der Waals surface area contributed by atoms with E-state index in [0.29, 0.717) is 0 Å². The zero-order valence-electron chi connectivity index (χ0n) is 9.57. The van der Waals surface area contributed by atoms with Crippen LogP contribution in [0.1, 0.15) is 6.92 Å². The van der Waals surface area contributed by atoms with Crippen molar-refractivity contribution in [1.82, 2.24) is 0 Å². The van der Waals surface area contributed by atoms with E-state index in [1.807, 2.05) is 0 Å². The maximum absolute atomic E-state index is 13.2. The van der Waals surface area contributed by atoms with Crippen LogP contribution in [0, 0.1) is 29.1 Å². The van der Waals surface area contributed by atoms with E-state index < -0.39 is 52.9 Å². The Hall–Kier alpha value is -1.90. The Kier molecular flexibility index (Phi) is 3.99. The highest BCUT2D eigenvalue weighted by Crippen LogP contribution is 2.29. The minimum absolute atomic E-state index is 0.860. The Bertz CT molecular complexity index is 504. The molecule has 0 saturated carbocycles. The van der Waals surface area contributed by atoms with Gasteiger partial charge in [-0.1, -0.05) is 0 Å². The molecule has 1 aromatic carbocycles. The molecule has 0 aliphatic rings. The molecule has 0 spiro atoms. The summed E-state index contributed by atoms with van der Waals surface area (Å²) < 4.78 is 69.1. The van der Waals surface area contributed by atoms with Crippen LogP contribution in [0.3, 0.4) is 0 Å². The lowest BCUT2D eigenvalue weighted by Crippen LogP contribution is -2.53. The van der Waals surface area contributed by atoms with Crippen LogP contribution in [-0.4, -0.2) is 18.1 Å². The fraction of sp³-hybridized carbons (Fsp3) is 0.300. The maximum Gasteiger partial charge on any atom is 0.240 e. The SMILES string of the molecule is CC(N)(COc1c(F)c(F)c(F)c(F)c1F)C(N)=O. The fourth-order valence-electron chi connectivity index (χ4n) is 1.00. The maximum atomic E-state index is 13.2. The molecule has 0 bridgehead atoms. The second-order valence-corrected chi connectivity index (χ2v) is 3.97. The van der Waals surface area contributed by atoms with Gasteiger partial charge in [0.05, 0.1) is 0 Å². The molecule has 0 aliphatic carbocycles. The van der Waals surface area contributed by atoms with Crippen LogP contribution in [0.25, 0.3) is 0 Å². The van der Waals surface area contributed by atoms with Gasteiger partial charge in [0, 0.05) is 0 Å². The van der Waals surface area contributed by atoms with Crippen LogP contribution >= 0.6 is 0 Å². The molecule has 1 amide bonds. The van der Waals surface area contributed by atoms with Gasteiger partial charge in [0.1, 0.15) is 12.1 Å². The molecule has 106 valence electrons. The van der Waals surface area contributed by atoms with Gasteiger partial charge < -0.3 is 16.2 Å². The molecule has 4 N–H and O–H groups in total. The molecule has 19 heavy (non-hydrogen) atoms. The Morgan fingerprint density at radius 2 is 1.42 bits per heavy atom. The van der Waals surface area contributed by atoms with Crippen LogP contribution in [0.5, 0.6) is 5.75 Å². The fourth-order valence-corrected chi connectivity index (χ4v) is 1.00. The van der Waals surface area contributed by atoms with Crippen molar-refractivity contribution < 1.29 is 31.5 Å². The van der Waals surface area contributed by atoms with Gasteiger partial charge in [-0.25, -0.2) is 13.2 Å². The van der Waals surface area contributed by atoms with Crippen molar-refractivity contribution in [2.75, 3.05) is 6.61 Å². The van der Waals surface area contributed by atoms with Gasteiger partial charge in [-0.15, -0.1) is 0 Å². The Labute approximate surface area is 104 Å². The molecule has 1 aromatic rings. The smallest absolute Gasteiger partial charge is 0.240 e. The summed E-state index contributed by atoms with van der Waals surface area (Å²) >= 11 is 0. The number of ether oxygens (including phenoxy) is 1. The molecule has 0 saturated heterocycles. The van der Waals surface area contributed by atoms with E-state index in [9.17, 15) is 26.7 Å². The van der Waals surface area contributed by atoms with Crippen molar-refractivity contribution in [3.8, 4) is 5.75 Å². The first kappa shape index (κ1) is 15.2. The molecule has 4 nitrogen and oxygen atoms in total. The Balaban J connectivity index is 3.13. The van der Waals surface area contributed by atoms with Gasteiger partial charge >= 0.3 is 0 Å². The molecule has 9 heteroatoms. The average Bonchev–Trinajstić information content (AvgIpc) is 2.33. The molecule has 0 heterocycles. The number of halogens is 5. The Morgan fingerprint density at radius 3 is 1.79 bits per heavy atom. The summed E-state index contributed by atoms with van der Waals surface area (Å²) in [5, 5.41) is 0. The lowest BCUT2D eigenvalue weighted by Gasteiger charge is -2.21. The van der Waals surface area contributed by atoms with Crippen LogP contribution in [0.15, 0.2) is 0 Å². The lowest BCUT2D eigenvalue weighted by atomic mass is 10.1. The molecule has 0 fully saturated rings. The highest BCUT2D eigenvalue weighted by Gasteiger charge is 2.31. The molecule has 0 aliphatic heterocycles. The normalized spacial score (nSPS) is 14.1. The molecule has 0 radical (unpaired) electrons. The van der Waals surface area contributed by atoms with E-state index >= 15 is 0 Å². The monoisotopic (exact) mass is 284 g/mol. The van der Waals surface area contributed by atoms with E-state index in [1.165, 1.54) is 0 Å². The van der Waals surface area contributed by atoms with E-state index in [2.05, 4.69) is 4.74 Å². The summed E-state index contributed by atoms with van der Waals surface area (Å²) in [6, 6.07) is 0. The standard InChI is InChI=1S/C10H9F5N2O2/c1-10(17,9(16)18)2-19-8-6(14)4(12)3(11)5(13)7(8)15/h2,17H2,1H3,(H2,16,18). The molecule has 1 unspecified atom stereocenters. The number of nitrogens with two attached hydrogens (primary N) is 2. The van der Waals surface area contributed by atoms with Gasteiger partial charge in [-0.05, 0) is 6.92 Å². The minimum atomic E-state index is -2.31. The van der Waals surface area contributed by atoms with Crippen molar-refractivity contribution in [3.05, 3.63) is 29.1 Å². The second-order valence-electron chi connectivity index (χ2n) is 3.97. The van der Waals surface area contributed by atoms with E-state index in [4.69, 9.17) is 11.5 Å². The van der Waals surface area contributed by atoms with Crippen molar-refractivity contribution >= 4 is 5.91 Å². The third-order valence-electron chi connectivity index (χ3n) is 2.25.